The first-order valence-corrected chi connectivity index (χ1v) is 9.83. The Hall–Kier alpha value is -1.70. The van der Waals surface area contributed by atoms with Crippen LogP contribution in [0.2, 0.25) is 5.02 Å². The molecule has 1 fully saturated rings. The number of anilines is 1. The van der Waals surface area contributed by atoms with Crippen LogP contribution in [-0.2, 0) is 22.3 Å². The number of benzene rings is 1. The summed E-state index contributed by atoms with van der Waals surface area (Å²) >= 11 is 5.89. The van der Waals surface area contributed by atoms with E-state index in [0.29, 0.717) is 22.2 Å². The van der Waals surface area contributed by atoms with Crippen LogP contribution in [0.15, 0.2) is 36.5 Å². The highest BCUT2D eigenvalue weighted by Gasteiger charge is 2.16. The summed E-state index contributed by atoms with van der Waals surface area (Å²) in [5, 5.41) is 0.522. The fourth-order valence-corrected chi connectivity index (χ4v) is 3.93. The number of aromatic nitrogens is 2. The first-order chi connectivity index (χ1) is 11.5. The number of rotatable bonds is 6. The topological polar surface area (TPSA) is 75.2 Å². The molecule has 6 nitrogen and oxygen atoms in total. The molecule has 1 saturated heterocycles. The van der Waals surface area contributed by atoms with Gasteiger partial charge >= 0.3 is 0 Å². The highest BCUT2D eigenvalue weighted by molar-refractivity contribution is 7.88. The van der Waals surface area contributed by atoms with E-state index in [-0.39, 0.29) is 12.3 Å². The minimum absolute atomic E-state index is 0.113. The Balaban J connectivity index is 1.63. The molecule has 0 amide bonds. The molecule has 8 heteroatoms. The molecule has 0 atom stereocenters. The molecule has 1 aliphatic rings. The Morgan fingerprint density at radius 3 is 2.75 bits per heavy atom. The zero-order valence-corrected chi connectivity index (χ0v) is 14.7. The van der Waals surface area contributed by atoms with Crippen molar-refractivity contribution in [2.24, 2.45) is 0 Å². The van der Waals surface area contributed by atoms with Crippen LogP contribution in [0, 0.1) is 0 Å². The molecule has 1 aromatic heterocycles. The van der Waals surface area contributed by atoms with Crippen molar-refractivity contribution < 1.29 is 8.42 Å². The summed E-state index contributed by atoms with van der Waals surface area (Å²) in [6.45, 7) is 2.04. The van der Waals surface area contributed by atoms with Crippen LogP contribution in [0.4, 0.5) is 5.95 Å². The minimum atomic E-state index is -3.46. The van der Waals surface area contributed by atoms with Crippen LogP contribution in [0.3, 0.4) is 0 Å². The average Bonchev–Trinajstić information content (AvgIpc) is 3.07. The van der Waals surface area contributed by atoms with Gasteiger partial charge in [0.1, 0.15) is 0 Å². The standard InChI is InChI=1S/C16H19ClN4O2S/c17-14-5-3-4-13(10-14)12-24(22,23)19-11-15-6-7-18-16(20-15)21-8-1-2-9-21/h3-7,10,19H,1-2,8-9,11-12H2. The summed E-state index contributed by atoms with van der Waals surface area (Å²) < 4.78 is 27.0. The number of hydrogen-bond donors (Lipinski definition) is 1. The van der Waals surface area contributed by atoms with E-state index in [1.807, 2.05) is 0 Å². The van der Waals surface area contributed by atoms with Crippen molar-refractivity contribution in [3.05, 3.63) is 52.8 Å². The second-order valence-corrected chi connectivity index (χ2v) is 8.00. The Morgan fingerprint density at radius 1 is 1.21 bits per heavy atom. The molecule has 24 heavy (non-hydrogen) atoms. The van der Waals surface area contributed by atoms with Crippen LogP contribution in [0.1, 0.15) is 24.1 Å². The largest absolute Gasteiger partial charge is 0.341 e. The van der Waals surface area contributed by atoms with Gasteiger partial charge in [-0.2, -0.15) is 0 Å². The molecule has 1 N–H and O–H groups in total. The van der Waals surface area contributed by atoms with Gasteiger partial charge in [0.15, 0.2) is 0 Å². The number of hydrogen-bond acceptors (Lipinski definition) is 5. The van der Waals surface area contributed by atoms with E-state index < -0.39 is 10.0 Å². The van der Waals surface area contributed by atoms with Crippen molar-refractivity contribution in [2.75, 3.05) is 18.0 Å². The van der Waals surface area contributed by atoms with Gasteiger partial charge in [0.25, 0.3) is 0 Å². The summed E-state index contributed by atoms with van der Waals surface area (Å²) in [5.41, 5.74) is 1.30. The van der Waals surface area contributed by atoms with E-state index in [1.54, 1.807) is 36.5 Å². The Bertz CT molecular complexity index is 807. The summed E-state index contributed by atoms with van der Waals surface area (Å²) in [4.78, 5) is 10.8. The molecule has 0 bridgehead atoms. The highest BCUT2D eigenvalue weighted by atomic mass is 35.5. The van der Waals surface area contributed by atoms with Crippen LogP contribution in [0.5, 0.6) is 0 Å². The highest BCUT2D eigenvalue weighted by Crippen LogP contribution is 2.16. The zero-order chi connectivity index (χ0) is 17.0. The molecular weight excluding hydrogens is 348 g/mol. The molecular formula is C16H19ClN4O2S. The molecule has 0 saturated carbocycles. The van der Waals surface area contributed by atoms with Crippen molar-refractivity contribution in [3.63, 3.8) is 0 Å². The average molecular weight is 367 g/mol. The van der Waals surface area contributed by atoms with Gasteiger partial charge in [0.2, 0.25) is 16.0 Å². The van der Waals surface area contributed by atoms with E-state index in [1.165, 1.54) is 0 Å². The van der Waals surface area contributed by atoms with Crippen molar-refractivity contribution in [3.8, 4) is 0 Å². The van der Waals surface area contributed by atoms with E-state index >= 15 is 0 Å². The van der Waals surface area contributed by atoms with Gasteiger partial charge in [-0.3, -0.25) is 0 Å². The van der Waals surface area contributed by atoms with Gasteiger partial charge < -0.3 is 4.90 Å². The molecule has 1 aromatic carbocycles. The molecule has 1 aliphatic heterocycles. The Labute approximate surface area is 146 Å². The van der Waals surface area contributed by atoms with Crippen molar-refractivity contribution >= 4 is 27.6 Å². The smallest absolute Gasteiger partial charge is 0.225 e. The lowest BCUT2D eigenvalue weighted by Gasteiger charge is -2.15. The summed E-state index contributed by atoms with van der Waals surface area (Å²) in [7, 11) is -3.46. The first-order valence-electron chi connectivity index (χ1n) is 7.80. The zero-order valence-electron chi connectivity index (χ0n) is 13.2. The third-order valence-corrected chi connectivity index (χ3v) is 5.34. The maximum atomic E-state index is 12.2. The fourth-order valence-electron chi connectivity index (χ4n) is 2.63. The van der Waals surface area contributed by atoms with Gasteiger partial charge in [-0.25, -0.2) is 23.1 Å². The summed E-state index contributed by atoms with van der Waals surface area (Å²) in [5.74, 6) is 0.552. The Kier molecular flexibility index (Phi) is 5.33. The monoisotopic (exact) mass is 366 g/mol. The first kappa shape index (κ1) is 17.1. The van der Waals surface area contributed by atoms with Crippen molar-refractivity contribution in [1.29, 1.82) is 0 Å². The van der Waals surface area contributed by atoms with E-state index in [9.17, 15) is 8.42 Å². The molecule has 2 aromatic rings. The molecule has 0 radical (unpaired) electrons. The quantitative estimate of drug-likeness (QED) is 0.849. The third-order valence-electron chi connectivity index (χ3n) is 3.81. The van der Waals surface area contributed by atoms with E-state index in [4.69, 9.17) is 11.6 Å². The number of nitrogens with zero attached hydrogens (tertiary/aromatic N) is 3. The maximum Gasteiger partial charge on any atom is 0.225 e. The van der Waals surface area contributed by atoms with E-state index in [2.05, 4.69) is 19.6 Å². The number of nitrogens with one attached hydrogen (secondary N) is 1. The minimum Gasteiger partial charge on any atom is -0.341 e. The third kappa shape index (κ3) is 4.66. The molecule has 0 aliphatic carbocycles. The van der Waals surface area contributed by atoms with E-state index in [0.717, 1.165) is 25.9 Å². The lowest BCUT2D eigenvalue weighted by atomic mass is 10.2. The summed E-state index contributed by atoms with van der Waals surface area (Å²) in [6.07, 6.45) is 3.95. The van der Waals surface area contributed by atoms with Crippen LogP contribution in [-0.4, -0.2) is 31.5 Å². The number of halogens is 1. The molecule has 2 heterocycles. The van der Waals surface area contributed by atoms with Gasteiger partial charge in [-0.15, -0.1) is 0 Å². The van der Waals surface area contributed by atoms with Gasteiger partial charge in [0, 0.05) is 24.3 Å². The van der Waals surface area contributed by atoms with Crippen LogP contribution >= 0.6 is 11.6 Å². The van der Waals surface area contributed by atoms with Crippen LogP contribution < -0.4 is 9.62 Å². The van der Waals surface area contributed by atoms with Gasteiger partial charge in [0.05, 0.1) is 18.0 Å². The van der Waals surface area contributed by atoms with Crippen molar-refractivity contribution in [2.45, 2.75) is 25.1 Å². The predicted octanol–water partition coefficient (Wildman–Crippen LogP) is 2.35. The fraction of sp³-hybridized carbons (Fsp3) is 0.375. The molecule has 0 spiro atoms. The number of sulfonamides is 1. The lowest BCUT2D eigenvalue weighted by Crippen LogP contribution is -2.26. The Morgan fingerprint density at radius 2 is 2.00 bits per heavy atom. The summed E-state index contributed by atoms with van der Waals surface area (Å²) in [6, 6.07) is 8.56. The lowest BCUT2D eigenvalue weighted by molar-refractivity contribution is 0.579. The van der Waals surface area contributed by atoms with Crippen molar-refractivity contribution in [1.82, 2.24) is 14.7 Å². The molecule has 0 unspecified atom stereocenters. The molecule has 3 rings (SSSR count). The van der Waals surface area contributed by atoms with Crippen LogP contribution in [0.25, 0.3) is 0 Å². The van der Waals surface area contributed by atoms with Gasteiger partial charge in [-0.05, 0) is 36.6 Å². The predicted molar refractivity (Wildman–Crippen MR) is 94.4 cm³/mol. The maximum absolute atomic E-state index is 12.2. The normalized spacial score (nSPS) is 15.0. The SMILES string of the molecule is O=S(=O)(Cc1cccc(Cl)c1)NCc1ccnc(N2CCCC2)n1. The second kappa shape index (κ2) is 7.46. The second-order valence-electron chi connectivity index (χ2n) is 5.75. The molecule has 128 valence electrons. The van der Waals surface area contributed by atoms with Gasteiger partial charge in [-0.1, -0.05) is 23.7 Å².